The first-order valence-corrected chi connectivity index (χ1v) is 11.5. The number of likely N-dealkylation sites (tertiary alicyclic amines) is 1. The van der Waals surface area contributed by atoms with Gasteiger partial charge in [0.05, 0.1) is 5.00 Å². The number of anilines is 1. The van der Waals surface area contributed by atoms with E-state index in [1.165, 1.54) is 25.4 Å². The lowest BCUT2D eigenvalue weighted by molar-refractivity contribution is 0.0191. The first-order chi connectivity index (χ1) is 13.1. The smallest absolute Gasteiger partial charge is 0.410 e. The van der Waals surface area contributed by atoms with Crippen LogP contribution >= 0.6 is 11.3 Å². The van der Waals surface area contributed by atoms with Gasteiger partial charge in [0.15, 0.2) is 0 Å². The highest BCUT2D eigenvalue weighted by Crippen LogP contribution is 2.24. The second-order valence-electron chi connectivity index (χ2n) is 7.85. The molecule has 2 saturated heterocycles. The molecule has 0 radical (unpaired) electrons. The summed E-state index contributed by atoms with van der Waals surface area (Å²) < 4.78 is 32.3. The van der Waals surface area contributed by atoms with Crippen LogP contribution in [-0.2, 0) is 14.8 Å². The van der Waals surface area contributed by atoms with Gasteiger partial charge in [-0.25, -0.2) is 18.0 Å². The number of thiophene rings is 1. The molecule has 3 heterocycles. The second-order valence-corrected chi connectivity index (χ2v) is 11.0. The first kappa shape index (κ1) is 20.9. The van der Waals surface area contributed by atoms with Gasteiger partial charge in [-0.3, -0.25) is 5.32 Å². The lowest BCUT2D eigenvalue weighted by Crippen LogP contribution is -2.62. The highest BCUT2D eigenvalue weighted by molar-refractivity contribution is 7.89. The van der Waals surface area contributed by atoms with Gasteiger partial charge in [0.2, 0.25) is 10.0 Å². The van der Waals surface area contributed by atoms with E-state index in [0.717, 1.165) is 5.00 Å². The number of hydrogen-bond acceptors (Lipinski definition) is 6. The molecule has 1 aromatic rings. The Morgan fingerprint density at radius 3 is 2.32 bits per heavy atom. The largest absolute Gasteiger partial charge is 0.444 e. The number of nitrogens with one attached hydrogen (secondary N) is 1. The van der Waals surface area contributed by atoms with Crippen molar-refractivity contribution in [2.75, 3.05) is 44.6 Å². The Balaban J connectivity index is 1.47. The minimum Gasteiger partial charge on any atom is -0.444 e. The van der Waals surface area contributed by atoms with E-state index in [0.29, 0.717) is 13.1 Å². The Labute approximate surface area is 169 Å². The van der Waals surface area contributed by atoms with E-state index >= 15 is 0 Å². The lowest BCUT2D eigenvalue weighted by atomic mass is 10.2. The van der Waals surface area contributed by atoms with Crippen molar-refractivity contribution >= 4 is 38.5 Å². The zero-order valence-electron chi connectivity index (χ0n) is 16.3. The maximum atomic E-state index is 12.8. The van der Waals surface area contributed by atoms with Crippen molar-refractivity contribution in [2.45, 2.75) is 31.6 Å². The Hall–Kier alpha value is -1.85. The molecule has 156 valence electrons. The van der Waals surface area contributed by atoms with Gasteiger partial charge < -0.3 is 14.5 Å². The van der Waals surface area contributed by atoms with E-state index in [4.69, 9.17) is 4.74 Å². The second kappa shape index (κ2) is 7.88. The number of piperazine rings is 1. The number of ether oxygens (including phenoxy) is 1. The number of rotatable bonds is 3. The van der Waals surface area contributed by atoms with Gasteiger partial charge in [0.1, 0.15) is 10.9 Å². The summed E-state index contributed by atoms with van der Waals surface area (Å²) in [6.07, 6.45) is -0.426. The number of carbonyl (C=O) groups excluding carboxylic acids is 2. The SMILES string of the molecule is CC(C)(C)OC(=O)N1CCN(S(=O)(=O)C2CN(C(=O)Nc3cccs3)C2)CC1. The molecule has 0 unspecified atom stereocenters. The van der Waals surface area contributed by atoms with E-state index < -0.39 is 27.0 Å². The quantitative estimate of drug-likeness (QED) is 0.789. The molecule has 1 aromatic heterocycles. The topological polar surface area (TPSA) is 99.3 Å². The molecule has 28 heavy (non-hydrogen) atoms. The number of hydrogen-bond donors (Lipinski definition) is 1. The maximum Gasteiger partial charge on any atom is 0.410 e. The van der Waals surface area contributed by atoms with Crippen molar-refractivity contribution in [3.63, 3.8) is 0 Å². The van der Waals surface area contributed by atoms with Crippen LogP contribution < -0.4 is 5.32 Å². The molecule has 11 heteroatoms. The summed E-state index contributed by atoms with van der Waals surface area (Å²) >= 11 is 1.41. The zero-order valence-corrected chi connectivity index (χ0v) is 17.9. The average Bonchev–Trinajstić information content (AvgIpc) is 3.04. The van der Waals surface area contributed by atoms with Crippen LogP contribution in [0.2, 0.25) is 0 Å². The van der Waals surface area contributed by atoms with Gasteiger partial charge >= 0.3 is 12.1 Å². The van der Waals surface area contributed by atoms with Crippen molar-refractivity contribution in [2.24, 2.45) is 0 Å². The van der Waals surface area contributed by atoms with Crippen molar-refractivity contribution in [1.82, 2.24) is 14.1 Å². The van der Waals surface area contributed by atoms with Crippen molar-refractivity contribution in [1.29, 1.82) is 0 Å². The van der Waals surface area contributed by atoms with E-state index in [2.05, 4.69) is 5.32 Å². The molecule has 2 aliphatic heterocycles. The normalized spacial score (nSPS) is 19.2. The predicted molar refractivity (Wildman–Crippen MR) is 107 cm³/mol. The predicted octanol–water partition coefficient (Wildman–Crippen LogP) is 1.85. The van der Waals surface area contributed by atoms with Gasteiger partial charge in [-0.2, -0.15) is 4.31 Å². The Morgan fingerprint density at radius 2 is 1.79 bits per heavy atom. The molecule has 0 bridgehead atoms. The minimum atomic E-state index is -3.50. The van der Waals surface area contributed by atoms with Crippen molar-refractivity contribution in [3.8, 4) is 0 Å². The Morgan fingerprint density at radius 1 is 1.14 bits per heavy atom. The van der Waals surface area contributed by atoms with Crippen molar-refractivity contribution < 1.29 is 22.7 Å². The van der Waals surface area contributed by atoms with Crippen LogP contribution in [0.15, 0.2) is 17.5 Å². The number of carbonyl (C=O) groups is 2. The summed E-state index contributed by atoms with van der Waals surface area (Å²) in [5.74, 6) is 0. The summed E-state index contributed by atoms with van der Waals surface area (Å²) in [6.45, 7) is 6.79. The standard InChI is InChI=1S/C17H26N4O5S2/c1-17(2,3)26-16(23)19-6-8-21(9-7-19)28(24,25)13-11-20(12-13)15(22)18-14-5-4-10-27-14/h4-5,10,13H,6-9,11-12H2,1-3H3,(H,18,22). The first-order valence-electron chi connectivity index (χ1n) is 9.12. The van der Waals surface area contributed by atoms with Crippen molar-refractivity contribution in [3.05, 3.63) is 17.5 Å². The Kier molecular flexibility index (Phi) is 5.87. The van der Waals surface area contributed by atoms with Gasteiger partial charge in [0.25, 0.3) is 0 Å². The van der Waals surface area contributed by atoms with Crippen LogP contribution in [0.4, 0.5) is 14.6 Å². The van der Waals surface area contributed by atoms with Gasteiger partial charge in [-0.05, 0) is 38.3 Å². The van der Waals surface area contributed by atoms with Crippen LogP contribution in [-0.4, -0.2) is 84.8 Å². The third-order valence-corrected chi connectivity index (χ3v) is 7.57. The highest BCUT2D eigenvalue weighted by atomic mass is 32.2. The number of amides is 3. The molecular weight excluding hydrogens is 404 g/mol. The summed E-state index contributed by atoms with van der Waals surface area (Å²) in [5, 5.41) is 4.74. The molecule has 0 aliphatic carbocycles. The third-order valence-electron chi connectivity index (χ3n) is 4.56. The zero-order chi connectivity index (χ0) is 20.5. The van der Waals surface area contributed by atoms with E-state index in [1.807, 2.05) is 11.4 Å². The molecule has 9 nitrogen and oxygen atoms in total. The van der Waals surface area contributed by atoms with Crippen LogP contribution in [0.1, 0.15) is 20.8 Å². The van der Waals surface area contributed by atoms with Crippen LogP contribution in [0, 0.1) is 0 Å². The fourth-order valence-electron chi connectivity index (χ4n) is 2.99. The highest BCUT2D eigenvalue weighted by Gasteiger charge is 2.44. The molecule has 1 N–H and O–H groups in total. The monoisotopic (exact) mass is 430 g/mol. The van der Waals surface area contributed by atoms with E-state index in [1.54, 1.807) is 26.8 Å². The molecule has 0 aromatic carbocycles. The third kappa shape index (κ3) is 4.76. The van der Waals surface area contributed by atoms with Crippen LogP contribution in [0.5, 0.6) is 0 Å². The number of urea groups is 1. The fraction of sp³-hybridized carbons (Fsp3) is 0.647. The number of nitrogens with zero attached hydrogens (tertiary/aromatic N) is 3. The molecule has 0 spiro atoms. The Bertz CT molecular complexity index is 805. The molecule has 0 atom stereocenters. The molecule has 2 aliphatic rings. The maximum absolute atomic E-state index is 12.8. The summed E-state index contributed by atoms with van der Waals surface area (Å²) in [5.41, 5.74) is -0.584. The van der Waals surface area contributed by atoms with Gasteiger partial charge in [0, 0.05) is 39.3 Å². The molecular formula is C17H26N4O5S2. The van der Waals surface area contributed by atoms with E-state index in [9.17, 15) is 18.0 Å². The molecule has 0 saturated carbocycles. The minimum absolute atomic E-state index is 0.172. The van der Waals surface area contributed by atoms with E-state index in [-0.39, 0.29) is 32.2 Å². The molecule has 3 amide bonds. The summed E-state index contributed by atoms with van der Waals surface area (Å²) in [7, 11) is -3.50. The number of sulfonamides is 1. The van der Waals surface area contributed by atoms with Gasteiger partial charge in [-0.15, -0.1) is 11.3 Å². The van der Waals surface area contributed by atoms with Crippen LogP contribution in [0.25, 0.3) is 0 Å². The average molecular weight is 431 g/mol. The summed E-state index contributed by atoms with van der Waals surface area (Å²) in [4.78, 5) is 27.2. The van der Waals surface area contributed by atoms with Crippen LogP contribution in [0.3, 0.4) is 0 Å². The molecule has 2 fully saturated rings. The summed E-state index contributed by atoms with van der Waals surface area (Å²) in [6, 6.07) is 3.34. The fourth-order valence-corrected chi connectivity index (χ4v) is 5.43. The molecule has 3 rings (SSSR count). The lowest BCUT2D eigenvalue weighted by Gasteiger charge is -2.42. The van der Waals surface area contributed by atoms with Gasteiger partial charge in [-0.1, -0.05) is 0 Å².